The molecule has 3 heteroatoms. The molecule has 0 saturated carbocycles. The predicted octanol–water partition coefficient (Wildman–Crippen LogP) is 1.92. The molecular formula is C9H8ClO2. The molecule has 1 fully saturated rings. The van der Waals surface area contributed by atoms with Gasteiger partial charge in [0, 0.05) is 11.1 Å². The first-order chi connectivity index (χ1) is 5.84. The monoisotopic (exact) mass is 183 g/mol. The summed E-state index contributed by atoms with van der Waals surface area (Å²) >= 11 is 5.76. The Hall–Kier alpha value is -0.730. The van der Waals surface area contributed by atoms with Crippen LogP contribution in [0.3, 0.4) is 0 Å². The highest BCUT2D eigenvalue weighted by Gasteiger charge is 2.19. The van der Waals surface area contributed by atoms with Gasteiger partial charge in [0.1, 0.15) is 11.9 Å². The largest absolute Gasteiger partial charge is 0.485 e. The Morgan fingerprint density at radius 3 is 3.00 bits per heavy atom. The summed E-state index contributed by atoms with van der Waals surface area (Å²) in [6, 6.07) is 8.21. The zero-order valence-electron chi connectivity index (χ0n) is 6.42. The van der Waals surface area contributed by atoms with E-state index in [0.717, 1.165) is 0 Å². The Morgan fingerprint density at radius 1 is 1.58 bits per heavy atom. The van der Waals surface area contributed by atoms with Gasteiger partial charge in [-0.1, -0.05) is 11.6 Å². The third kappa shape index (κ3) is 1.71. The maximum Gasteiger partial charge on any atom is 0.145 e. The third-order valence-electron chi connectivity index (χ3n) is 1.64. The Kier molecular flexibility index (Phi) is 2.19. The molecule has 63 valence electrons. The van der Waals surface area contributed by atoms with E-state index >= 15 is 0 Å². The van der Waals surface area contributed by atoms with Crippen molar-refractivity contribution < 1.29 is 9.47 Å². The number of halogens is 1. The summed E-state index contributed by atoms with van der Waals surface area (Å²) < 4.78 is 10.4. The van der Waals surface area contributed by atoms with Crippen molar-refractivity contribution in [2.24, 2.45) is 0 Å². The molecule has 0 N–H and O–H groups in total. The summed E-state index contributed by atoms with van der Waals surface area (Å²) in [6.07, 6.45) is 0.180. The second-order valence-corrected chi connectivity index (χ2v) is 3.08. The summed E-state index contributed by atoms with van der Waals surface area (Å²) in [7, 11) is 0. The molecule has 0 aromatic heterocycles. The van der Waals surface area contributed by atoms with Crippen molar-refractivity contribution in [3.05, 3.63) is 29.3 Å². The number of hydrogen-bond donors (Lipinski definition) is 0. The van der Waals surface area contributed by atoms with Gasteiger partial charge < -0.3 is 9.47 Å². The van der Waals surface area contributed by atoms with Gasteiger partial charge in [-0.25, -0.2) is 0 Å². The SMILES string of the molecule is Clc1cc[c]c(OC2COC2)c1. The van der Waals surface area contributed by atoms with Crippen molar-refractivity contribution in [1.82, 2.24) is 0 Å². The minimum absolute atomic E-state index is 0.180. The molecule has 1 heterocycles. The molecule has 0 amide bonds. The average molecular weight is 184 g/mol. The Morgan fingerprint density at radius 2 is 2.42 bits per heavy atom. The van der Waals surface area contributed by atoms with Gasteiger partial charge in [-0.15, -0.1) is 0 Å². The highest BCUT2D eigenvalue weighted by molar-refractivity contribution is 6.30. The first kappa shape index (κ1) is 7.90. The van der Waals surface area contributed by atoms with Crippen molar-refractivity contribution in [2.45, 2.75) is 6.10 Å². The van der Waals surface area contributed by atoms with E-state index in [1.54, 1.807) is 18.2 Å². The van der Waals surface area contributed by atoms with E-state index < -0.39 is 0 Å². The van der Waals surface area contributed by atoms with Crippen molar-refractivity contribution >= 4 is 11.6 Å². The topological polar surface area (TPSA) is 18.5 Å². The molecule has 2 rings (SSSR count). The van der Waals surface area contributed by atoms with Crippen molar-refractivity contribution in [2.75, 3.05) is 13.2 Å². The standard InChI is InChI=1S/C9H8ClO2/c10-7-2-1-3-8(4-7)12-9-5-11-6-9/h1-2,4,9H,5-6H2. The summed E-state index contributed by atoms with van der Waals surface area (Å²) in [5.74, 6) is 0.691. The Bertz CT molecular complexity index is 271. The number of rotatable bonds is 2. The molecule has 0 bridgehead atoms. The Balaban J connectivity index is 2.02. The van der Waals surface area contributed by atoms with Crippen LogP contribution in [0.15, 0.2) is 18.2 Å². The molecule has 0 spiro atoms. The van der Waals surface area contributed by atoms with Crippen LogP contribution in [0.5, 0.6) is 5.75 Å². The van der Waals surface area contributed by atoms with Gasteiger partial charge in [0.05, 0.1) is 13.2 Å². The number of hydrogen-bond acceptors (Lipinski definition) is 2. The molecule has 1 radical (unpaired) electrons. The van der Waals surface area contributed by atoms with E-state index in [1.165, 1.54) is 0 Å². The van der Waals surface area contributed by atoms with Crippen LogP contribution in [-0.2, 0) is 4.74 Å². The first-order valence-corrected chi connectivity index (χ1v) is 4.14. The lowest BCUT2D eigenvalue weighted by Crippen LogP contribution is -2.38. The molecule has 0 aliphatic carbocycles. The van der Waals surface area contributed by atoms with Crippen LogP contribution in [0, 0.1) is 6.07 Å². The predicted molar refractivity (Wildman–Crippen MR) is 45.5 cm³/mol. The molecular weight excluding hydrogens is 176 g/mol. The molecule has 0 atom stereocenters. The number of benzene rings is 1. The molecule has 12 heavy (non-hydrogen) atoms. The second-order valence-electron chi connectivity index (χ2n) is 2.65. The minimum Gasteiger partial charge on any atom is -0.485 e. The lowest BCUT2D eigenvalue weighted by atomic mass is 10.3. The van der Waals surface area contributed by atoms with Gasteiger partial charge in [-0.2, -0.15) is 0 Å². The third-order valence-corrected chi connectivity index (χ3v) is 1.87. The quantitative estimate of drug-likeness (QED) is 0.698. The van der Waals surface area contributed by atoms with Gasteiger partial charge in [-0.05, 0) is 18.2 Å². The van der Waals surface area contributed by atoms with Gasteiger partial charge in [0.2, 0.25) is 0 Å². The first-order valence-electron chi connectivity index (χ1n) is 3.76. The zero-order valence-corrected chi connectivity index (χ0v) is 7.17. The van der Waals surface area contributed by atoms with E-state index in [1.807, 2.05) is 0 Å². The second kappa shape index (κ2) is 3.33. The minimum atomic E-state index is 0.180. The van der Waals surface area contributed by atoms with Crippen LogP contribution >= 0.6 is 11.6 Å². The van der Waals surface area contributed by atoms with Crippen LogP contribution in [0.2, 0.25) is 5.02 Å². The maximum absolute atomic E-state index is 5.76. The smallest absolute Gasteiger partial charge is 0.145 e. The van der Waals surface area contributed by atoms with Crippen LogP contribution in [0.4, 0.5) is 0 Å². The van der Waals surface area contributed by atoms with Crippen LogP contribution in [0.1, 0.15) is 0 Å². The number of ether oxygens (including phenoxy) is 2. The van der Waals surface area contributed by atoms with Gasteiger partial charge in [0.15, 0.2) is 0 Å². The summed E-state index contributed by atoms with van der Waals surface area (Å²) in [6.45, 7) is 1.33. The van der Waals surface area contributed by atoms with Crippen molar-refractivity contribution in [1.29, 1.82) is 0 Å². The van der Waals surface area contributed by atoms with Crippen LogP contribution in [-0.4, -0.2) is 19.3 Å². The van der Waals surface area contributed by atoms with Gasteiger partial charge >= 0.3 is 0 Å². The van der Waals surface area contributed by atoms with E-state index in [0.29, 0.717) is 24.0 Å². The van der Waals surface area contributed by atoms with E-state index in [9.17, 15) is 0 Å². The molecule has 1 aromatic rings. The fourth-order valence-corrected chi connectivity index (χ4v) is 1.11. The lowest BCUT2D eigenvalue weighted by Gasteiger charge is -2.26. The molecule has 1 aliphatic heterocycles. The average Bonchev–Trinajstić information content (AvgIpc) is 1.97. The molecule has 2 nitrogen and oxygen atoms in total. The van der Waals surface area contributed by atoms with E-state index in [-0.39, 0.29) is 6.10 Å². The normalized spacial score (nSPS) is 17.1. The van der Waals surface area contributed by atoms with E-state index in [4.69, 9.17) is 21.1 Å². The fourth-order valence-electron chi connectivity index (χ4n) is 0.948. The molecule has 1 aliphatic rings. The van der Waals surface area contributed by atoms with Crippen molar-refractivity contribution in [3.8, 4) is 5.75 Å². The summed E-state index contributed by atoms with van der Waals surface area (Å²) in [4.78, 5) is 0. The maximum atomic E-state index is 5.76. The zero-order chi connectivity index (χ0) is 8.39. The summed E-state index contributed by atoms with van der Waals surface area (Å²) in [5.41, 5.74) is 0. The lowest BCUT2D eigenvalue weighted by molar-refractivity contribution is -0.0797. The van der Waals surface area contributed by atoms with Gasteiger partial charge in [-0.3, -0.25) is 0 Å². The Labute approximate surface area is 76.1 Å². The highest BCUT2D eigenvalue weighted by Crippen LogP contribution is 2.19. The van der Waals surface area contributed by atoms with E-state index in [2.05, 4.69) is 6.07 Å². The van der Waals surface area contributed by atoms with Crippen LogP contribution in [0.25, 0.3) is 0 Å². The fraction of sp³-hybridized carbons (Fsp3) is 0.333. The molecule has 1 aromatic carbocycles. The van der Waals surface area contributed by atoms with Crippen LogP contribution < -0.4 is 4.74 Å². The molecule has 0 unspecified atom stereocenters. The van der Waals surface area contributed by atoms with Crippen molar-refractivity contribution in [3.63, 3.8) is 0 Å². The summed E-state index contributed by atoms with van der Waals surface area (Å²) in [5, 5.41) is 0.670. The molecule has 1 saturated heterocycles. The van der Waals surface area contributed by atoms with Gasteiger partial charge in [0.25, 0.3) is 0 Å². The highest BCUT2D eigenvalue weighted by atomic mass is 35.5.